The molecule has 0 N–H and O–H groups in total. The molecule has 1 heterocycles. The van der Waals surface area contributed by atoms with Gasteiger partial charge in [0.1, 0.15) is 10.8 Å². The summed E-state index contributed by atoms with van der Waals surface area (Å²) >= 11 is 1.59. The summed E-state index contributed by atoms with van der Waals surface area (Å²) < 4.78 is 5.39. The molecule has 0 unspecified atom stereocenters. The van der Waals surface area contributed by atoms with Gasteiger partial charge in [-0.15, -0.1) is 22.0 Å². The predicted octanol–water partition coefficient (Wildman–Crippen LogP) is 3.26. The van der Waals surface area contributed by atoms with E-state index in [-0.39, 0.29) is 0 Å². The number of ether oxygens (including phenoxy) is 1. The summed E-state index contributed by atoms with van der Waals surface area (Å²) in [6.07, 6.45) is 1.99. The molecule has 0 saturated heterocycles. The number of benzene rings is 1. The third-order valence-corrected chi connectivity index (χ3v) is 2.95. The molecule has 0 aliphatic heterocycles. The van der Waals surface area contributed by atoms with Crippen LogP contribution in [0.5, 0.6) is 5.75 Å². The second-order valence-electron chi connectivity index (χ2n) is 3.42. The van der Waals surface area contributed by atoms with Crippen LogP contribution in [0.15, 0.2) is 41.4 Å². The molecule has 1 aromatic heterocycles. The minimum absolute atomic E-state index is 0.682. The molecule has 0 fully saturated rings. The van der Waals surface area contributed by atoms with Crippen LogP contribution in [0.25, 0.3) is 11.3 Å². The molecule has 0 saturated carbocycles. The number of thioether (sulfide) groups is 1. The van der Waals surface area contributed by atoms with Crippen molar-refractivity contribution in [2.24, 2.45) is 0 Å². The van der Waals surface area contributed by atoms with Gasteiger partial charge in [-0.1, -0.05) is 0 Å². The van der Waals surface area contributed by atoms with Gasteiger partial charge in [0, 0.05) is 5.56 Å². The van der Waals surface area contributed by atoms with Crippen LogP contribution in [0, 0.1) is 0 Å². The molecule has 4 heteroatoms. The second-order valence-corrected chi connectivity index (χ2v) is 4.24. The summed E-state index contributed by atoms with van der Waals surface area (Å²) in [7, 11) is 0. The van der Waals surface area contributed by atoms with Crippen molar-refractivity contribution in [3.8, 4) is 17.0 Å². The first kappa shape index (κ1) is 11.9. The molecule has 0 aliphatic rings. The fourth-order valence-electron chi connectivity index (χ4n) is 1.47. The first-order valence-corrected chi connectivity index (χ1v) is 6.67. The first-order chi connectivity index (χ1) is 8.33. The Labute approximate surface area is 105 Å². The Bertz CT molecular complexity index is 468. The Balaban J connectivity index is 2.20. The molecule has 0 radical (unpaired) electrons. The number of rotatable bonds is 4. The minimum atomic E-state index is 0.682. The van der Waals surface area contributed by atoms with Gasteiger partial charge in [0.05, 0.1) is 12.3 Å². The highest BCUT2D eigenvalue weighted by molar-refractivity contribution is 7.98. The van der Waals surface area contributed by atoms with E-state index in [1.54, 1.807) is 11.8 Å². The van der Waals surface area contributed by atoms with Gasteiger partial charge in [0.15, 0.2) is 0 Å². The maximum absolute atomic E-state index is 5.39. The Morgan fingerprint density at radius 2 is 1.82 bits per heavy atom. The average Bonchev–Trinajstić information content (AvgIpc) is 2.40. The molecule has 17 heavy (non-hydrogen) atoms. The minimum Gasteiger partial charge on any atom is -0.494 e. The zero-order valence-corrected chi connectivity index (χ0v) is 10.7. The third kappa shape index (κ3) is 2.97. The van der Waals surface area contributed by atoms with Crippen LogP contribution in [-0.2, 0) is 0 Å². The Hall–Kier alpha value is -1.55. The maximum Gasteiger partial charge on any atom is 0.119 e. The Kier molecular flexibility index (Phi) is 3.98. The monoisotopic (exact) mass is 246 g/mol. The van der Waals surface area contributed by atoms with E-state index in [1.165, 1.54) is 0 Å². The summed E-state index contributed by atoms with van der Waals surface area (Å²) in [6.45, 7) is 2.65. The van der Waals surface area contributed by atoms with Crippen LogP contribution in [0.1, 0.15) is 6.92 Å². The summed E-state index contributed by atoms with van der Waals surface area (Å²) in [5, 5.41) is 9.23. The molecule has 2 aromatic rings. The molecule has 3 nitrogen and oxygen atoms in total. The van der Waals surface area contributed by atoms with Gasteiger partial charge in [-0.25, -0.2) is 0 Å². The highest BCUT2D eigenvalue weighted by Crippen LogP contribution is 2.21. The van der Waals surface area contributed by atoms with Crippen LogP contribution in [-0.4, -0.2) is 23.1 Å². The molecule has 0 atom stereocenters. The van der Waals surface area contributed by atoms with E-state index in [0.29, 0.717) is 6.61 Å². The molecular formula is C13H14N2OS. The van der Waals surface area contributed by atoms with Crippen molar-refractivity contribution in [2.45, 2.75) is 11.9 Å². The van der Waals surface area contributed by atoms with Crippen molar-refractivity contribution < 1.29 is 4.74 Å². The number of nitrogens with zero attached hydrogens (tertiary/aromatic N) is 2. The summed E-state index contributed by atoms with van der Waals surface area (Å²) in [6, 6.07) is 11.8. The van der Waals surface area contributed by atoms with Gasteiger partial charge < -0.3 is 4.74 Å². The largest absolute Gasteiger partial charge is 0.494 e. The topological polar surface area (TPSA) is 35.0 Å². The van der Waals surface area contributed by atoms with Crippen molar-refractivity contribution in [3.05, 3.63) is 36.4 Å². The quantitative estimate of drug-likeness (QED) is 0.776. The van der Waals surface area contributed by atoms with Gasteiger partial charge in [-0.2, -0.15) is 0 Å². The molecule has 88 valence electrons. The lowest BCUT2D eigenvalue weighted by Crippen LogP contribution is -1.92. The standard InChI is InChI=1S/C13H14N2OS/c1-3-16-11-6-4-10(5-7-11)12-8-9-13(17-2)15-14-12/h4-9H,3H2,1-2H3. The summed E-state index contributed by atoms with van der Waals surface area (Å²) in [4.78, 5) is 0. The lowest BCUT2D eigenvalue weighted by Gasteiger charge is -2.04. The Morgan fingerprint density at radius 1 is 1.06 bits per heavy atom. The summed E-state index contributed by atoms with van der Waals surface area (Å²) in [5.74, 6) is 0.880. The Morgan fingerprint density at radius 3 is 2.35 bits per heavy atom. The van der Waals surface area contributed by atoms with E-state index < -0.39 is 0 Å². The van der Waals surface area contributed by atoms with E-state index in [9.17, 15) is 0 Å². The fourth-order valence-corrected chi connectivity index (χ4v) is 1.80. The van der Waals surface area contributed by atoms with E-state index in [0.717, 1.165) is 22.0 Å². The van der Waals surface area contributed by atoms with Crippen molar-refractivity contribution >= 4 is 11.8 Å². The van der Waals surface area contributed by atoms with Gasteiger partial charge in [0.2, 0.25) is 0 Å². The number of hydrogen-bond donors (Lipinski definition) is 0. The van der Waals surface area contributed by atoms with Crippen LogP contribution >= 0.6 is 11.8 Å². The zero-order valence-electron chi connectivity index (χ0n) is 9.88. The fraction of sp³-hybridized carbons (Fsp3) is 0.231. The predicted molar refractivity (Wildman–Crippen MR) is 70.4 cm³/mol. The van der Waals surface area contributed by atoms with Crippen molar-refractivity contribution in [2.75, 3.05) is 12.9 Å². The molecule has 2 rings (SSSR count). The van der Waals surface area contributed by atoms with Crippen molar-refractivity contribution in [1.29, 1.82) is 0 Å². The molecule has 0 aliphatic carbocycles. The van der Waals surface area contributed by atoms with E-state index in [1.807, 2.05) is 49.6 Å². The van der Waals surface area contributed by atoms with Crippen molar-refractivity contribution in [3.63, 3.8) is 0 Å². The maximum atomic E-state index is 5.39. The lowest BCUT2D eigenvalue weighted by atomic mass is 10.1. The number of hydrogen-bond acceptors (Lipinski definition) is 4. The lowest BCUT2D eigenvalue weighted by molar-refractivity contribution is 0.340. The highest BCUT2D eigenvalue weighted by Gasteiger charge is 2.01. The third-order valence-electron chi connectivity index (χ3n) is 2.31. The highest BCUT2D eigenvalue weighted by atomic mass is 32.2. The SMILES string of the molecule is CCOc1ccc(-c2ccc(SC)nn2)cc1. The normalized spacial score (nSPS) is 10.2. The first-order valence-electron chi connectivity index (χ1n) is 5.44. The van der Waals surface area contributed by atoms with Gasteiger partial charge in [-0.05, 0) is 49.6 Å². The van der Waals surface area contributed by atoms with Crippen LogP contribution in [0.4, 0.5) is 0 Å². The van der Waals surface area contributed by atoms with Gasteiger partial charge in [-0.3, -0.25) is 0 Å². The van der Waals surface area contributed by atoms with Gasteiger partial charge >= 0.3 is 0 Å². The van der Waals surface area contributed by atoms with Gasteiger partial charge in [0.25, 0.3) is 0 Å². The van der Waals surface area contributed by atoms with Crippen LogP contribution in [0.3, 0.4) is 0 Å². The molecule has 0 bridgehead atoms. The van der Waals surface area contributed by atoms with Crippen LogP contribution < -0.4 is 4.74 Å². The van der Waals surface area contributed by atoms with E-state index in [4.69, 9.17) is 4.74 Å². The molecule has 0 spiro atoms. The summed E-state index contributed by atoms with van der Waals surface area (Å²) in [5.41, 5.74) is 1.93. The molecule has 1 aromatic carbocycles. The molecule has 0 amide bonds. The van der Waals surface area contributed by atoms with E-state index >= 15 is 0 Å². The van der Waals surface area contributed by atoms with Crippen molar-refractivity contribution in [1.82, 2.24) is 10.2 Å². The smallest absolute Gasteiger partial charge is 0.119 e. The molecular weight excluding hydrogens is 232 g/mol. The van der Waals surface area contributed by atoms with Crippen LogP contribution in [0.2, 0.25) is 0 Å². The second kappa shape index (κ2) is 5.68. The number of aromatic nitrogens is 2. The van der Waals surface area contributed by atoms with E-state index in [2.05, 4.69) is 10.2 Å². The average molecular weight is 246 g/mol. The zero-order chi connectivity index (χ0) is 12.1.